The molecule has 0 saturated heterocycles. The fourth-order valence-electron chi connectivity index (χ4n) is 0.349. The zero-order valence-corrected chi connectivity index (χ0v) is 5.88. The highest BCUT2D eigenvalue weighted by atomic mass is 32.1. The average Bonchev–Trinajstić information content (AvgIpc) is 1.98. The Morgan fingerprint density at radius 3 is 2.62 bits per heavy atom. The molecule has 0 aliphatic rings. The summed E-state index contributed by atoms with van der Waals surface area (Å²) in [5, 5.41) is 12.0. The van der Waals surface area contributed by atoms with Crippen molar-refractivity contribution in [3.8, 4) is 5.88 Å². The molecule has 1 aromatic rings. The molecule has 1 rings (SSSR count). The van der Waals surface area contributed by atoms with Gasteiger partial charge in [0.1, 0.15) is 0 Å². The van der Waals surface area contributed by atoms with Crippen molar-refractivity contribution in [3.63, 3.8) is 0 Å². The van der Waals surface area contributed by atoms with Gasteiger partial charge in [-0.2, -0.15) is 0 Å². The van der Waals surface area contributed by atoms with E-state index < -0.39 is 0 Å². The molecule has 0 fully saturated rings. The Balaban J connectivity index is 3.41. The van der Waals surface area contributed by atoms with Crippen molar-refractivity contribution >= 4 is 23.6 Å². The Labute approximate surface area is 56.0 Å². The van der Waals surface area contributed by atoms with Gasteiger partial charge in [-0.15, -0.1) is 11.3 Å². The zero-order valence-electron chi connectivity index (χ0n) is 4.25. The second-order valence-electron chi connectivity index (χ2n) is 1.40. The standard InChI is InChI=1S/C4H5NOS2/c1-5-3(6)2-8-4(5)7/h2,6H,1H3/p-1. The minimum Gasteiger partial charge on any atom is -0.859 e. The van der Waals surface area contributed by atoms with Gasteiger partial charge in [0.15, 0.2) is 3.95 Å². The van der Waals surface area contributed by atoms with Gasteiger partial charge in [-0.3, -0.25) is 0 Å². The lowest BCUT2D eigenvalue weighted by molar-refractivity contribution is -0.278. The van der Waals surface area contributed by atoms with Crippen LogP contribution in [0.5, 0.6) is 5.88 Å². The van der Waals surface area contributed by atoms with E-state index in [4.69, 9.17) is 12.2 Å². The molecule has 1 aromatic heterocycles. The molecule has 4 heteroatoms. The third-order valence-electron chi connectivity index (χ3n) is 0.865. The van der Waals surface area contributed by atoms with Crippen LogP contribution in [0.1, 0.15) is 0 Å². The summed E-state index contributed by atoms with van der Waals surface area (Å²) in [5.41, 5.74) is 0. The summed E-state index contributed by atoms with van der Waals surface area (Å²) in [6, 6.07) is 0. The van der Waals surface area contributed by atoms with Crippen LogP contribution in [0.3, 0.4) is 0 Å². The normalized spacial score (nSPS) is 9.62. The molecular weight excluding hydrogens is 142 g/mol. The molecule has 0 spiro atoms. The largest absolute Gasteiger partial charge is 0.859 e. The molecule has 0 aliphatic carbocycles. The average molecular weight is 146 g/mol. The van der Waals surface area contributed by atoms with Crippen LogP contribution in [0.25, 0.3) is 0 Å². The molecule has 1 heterocycles. The molecular formula is C4H4NOS2-. The lowest BCUT2D eigenvalue weighted by Crippen LogP contribution is -1.97. The number of nitrogens with zero attached hydrogens (tertiary/aromatic N) is 1. The van der Waals surface area contributed by atoms with E-state index >= 15 is 0 Å². The third-order valence-corrected chi connectivity index (χ3v) is 2.22. The van der Waals surface area contributed by atoms with Crippen molar-refractivity contribution in [2.24, 2.45) is 7.05 Å². The molecule has 0 N–H and O–H groups in total. The smallest absolute Gasteiger partial charge is 0.160 e. The second-order valence-corrected chi connectivity index (χ2v) is 2.90. The molecule has 0 unspecified atom stereocenters. The minimum atomic E-state index is -0.0139. The van der Waals surface area contributed by atoms with E-state index in [1.54, 1.807) is 7.05 Å². The number of thiazole rings is 1. The molecule has 0 amide bonds. The van der Waals surface area contributed by atoms with Crippen LogP contribution in [0.4, 0.5) is 0 Å². The molecule has 0 aromatic carbocycles. The number of hydrogen-bond donors (Lipinski definition) is 0. The van der Waals surface area contributed by atoms with Gasteiger partial charge in [-0.05, 0) is 18.1 Å². The maximum atomic E-state index is 10.5. The highest BCUT2D eigenvalue weighted by Gasteiger charge is 1.84. The second kappa shape index (κ2) is 1.87. The Morgan fingerprint density at radius 1 is 1.88 bits per heavy atom. The van der Waals surface area contributed by atoms with Gasteiger partial charge in [0.05, 0.1) is 0 Å². The van der Waals surface area contributed by atoms with Crippen LogP contribution in [0.2, 0.25) is 0 Å². The van der Waals surface area contributed by atoms with Gasteiger partial charge >= 0.3 is 0 Å². The van der Waals surface area contributed by atoms with Gasteiger partial charge in [0.25, 0.3) is 0 Å². The van der Waals surface area contributed by atoms with E-state index in [1.807, 2.05) is 0 Å². The molecule has 0 aliphatic heterocycles. The first-order valence-corrected chi connectivity index (χ1v) is 3.32. The van der Waals surface area contributed by atoms with E-state index in [0.717, 1.165) is 0 Å². The Morgan fingerprint density at radius 2 is 2.50 bits per heavy atom. The summed E-state index contributed by atoms with van der Waals surface area (Å²) in [6.07, 6.45) is 0. The lowest BCUT2D eigenvalue weighted by Gasteiger charge is -2.02. The Kier molecular flexibility index (Phi) is 1.35. The van der Waals surface area contributed by atoms with Crippen molar-refractivity contribution in [2.45, 2.75) is 0 Å². The third kappa shape index (κ3) is 0.763. The molecule has 0 radical (unpaired) electrons. The van der Waals surface area contributed by atoms with Gasteiger partial charge < -0.3 is 9.67 Å². The highest BCUT2D eigenvalue weighted by Crippen LogP contribution is 2.10. The first-order valence-electron chi connectivity index (χ1n) is 2.03. The summed E-state index contributed by atoms with van der Waals surface area (Å²) in [4.78, 5) is 0. The van der Waals surface area contributed by atoms with Crippen molar-refractivity contribution in [3.05, 3.63) is 9.33 Å². The van der Waals surface area contributed by atoms with E-state index in [2.05, 4.69) is 0 Å². The van der Waals surface area contributed by atoms with E-state index in [9.17, 15) is 5.11 Å². The van der Waals surface area contributed by atoms with Crippen molar-refractivity contribution < 1.29 is 5.11 Å². The maximum Gasteiger partial charge on any atom is 0.160 e. The fraction of sp³-hybridized carbons (Fsp3) is 0.250. The fourth-order valence-corrected chi connectivity index (χ4v) is 1.19. The zero-order chi connectivity index (χ0) is 6.15. The predicted molar refractivity (Wildman–Crippen MR) is 33.6 cm³/mol. The van der Waals surface area contributed by atoms with E-state index in [0.29, 0.717) is 3.95 Å². The number of rotatable bonds is 0. The topological polar surface area (TPSA) is 28.0 Å². The summed E-state index contributed by atoms with van der Waals surface area (Å²) >= 11 is 6.05. The summed E-state index contributed by atoms with van der Waals surface area (Å²) in [7, 11) is 1.67. The molecule has 0 atom stereocenters. The molecule has 44 valence electrons. The predicted octanol–water partition coefficient (Wildman–Crippen LogP) is 0.890. The van der Waals surface area contributed by atoms with Crippen LogP contribution >= 0.6 is 23.6 Å². The van der Waals surface area contributed by atoms with Crippen molar-refractivity contribution in [1.82, 2.24) is 4.57 Å². The minimum absolute atomic E-state index is 0.0139. The summed E-state index contributed by atoms with van der Waals surface area (Å²) in [5.74, 6) is -0.0139. The van der Waals surface area contributed by atoms with Crippen LogP contribution in [-0.2, 0) is 7.05 Å². The number of hydrogen-bond acceptors (Lipinski definition) is 3. The van der Waals surface area contributed by atoms with Gasteiger partial charge in [0.2, 0.25) is 0 Å². The van der Waals surface area contributed by atoms with Gasteiger partial charge in [-0.1, -0.05) is 0 Å². The lowest BCUT2D eigenvalue weighted by atomic mass is 10.8. The number of aromatic nitrogens is 1. The maximum absolute atomic E-state index is 10.5. The van der Waals surface area contributed by atoms with Gasteiger partial charge in [0, 0.05) is 12.4 Å². The SMILES string of the molecule is Cn1c([O-])csc1=S. The summed E-state index contributed by atoms with van der Waals surface area (Å²) in [6.45, 7) is 0. The Bertz CT molecular complexity index is 236. The van der Waals surface area contributed by atoms with E-state index in [1.165, 1.54) is 21.3 Å². The molecule has 8 heavy (non-hydrogen) atoms. The first-order chi connectivity index (χ1) is 3.72. The molecule has 2 nitrogen and oxygen atoms in total. The Hall–Kier alpha value is -0.350. The van der Waals surface area contributed by atoms with Gasteiger partial charge in [-0.25, -0.2) is 0 Å². The molecule has 0 bridgehead atoms. The monoisotopic (exact) mass is 146 g/mol. The summed E-state index contributed by atoms with van der Waals surface area (Å²) < 4.78 is 2.08. The van der Waals surface area contributed by atoms with Crippen molar-refractivity contribution in [2.75, 3.05) is 0 Å². The first kappa shape index (κ1) is 5.78. The highest BCUT2D eigenvalue weighted by molar-refractivity contribution is 7.73. The molecule has 0 saturated carbocycles. The van der Waals surface area contributed by atoms with Crippen LogP contribution in [0.15, 0.2) is 5.38 Å². The van der Waals surface area contributed by atoms with Crippen LogP contribution in [-0.4, -0.2) is 4.57 Å². The van der Waals surface area contributed by atoms with Crippen LogP contribution < -0.4 is 5.11 Å². The van der Waals surface area contributed by atoms with E-state index in [-0.39, 0.29) is 5.88 Å². The quantitative estimate of drug-likeness (QED) is 0.508. The van der Waals surface area contributed by atoms with Crippen molar-refractivity contribution in [1.29, 1.82) is 0 Å². The van der Waals surface area contributed by atoms with Crippen LogP contribution in [0, 0.1) is 3.95 Å².